The first-order valence-electron chi connectivity index (χ1n) is 2.46. The summed E-state index contributed by atoms with van der Waals surface area (Å²) in [5.74, 6) is 0. The molecule has 1 aliphatic heterocycles. The Labute approximate surface area is 42.5 Å². The van der Waals surface area contributed by atoms with Gasteiger partial charge in [0.1, 0.15) is 0 Å². The molecule has 0 aromatic carbocycles. The number of β-amino-alcohol motifs (C(OH)–C–C–N with tert-alkyl or cyclic N) is 1. The average molecular weight is 102 g/mol. The van der Waals surface area contributed by atoms with Crippen molar-refractivity contribution in [2.75, 3.05) is 6.54 Å². The molecule has 3 nitrogen and oxygen atoms in total. The van der Waals surface area contributed by atoms with Crippen molar-refractivity contribution in [2.24, 2.45) is 5.73 Å². The van der Waals surface area contributed by atoms with Crippen LogP contribution < -0.4 is 11.1 Å². The number of aliphatic hydroxyl groups is 1. The maximum absolute atomic E-state index is 8.76. The first-order chi connectivity index (χ1) is 3.29. The van der Waals surface area contributed by atoms with Gasteiger partial charge in [-0.3, -0.25) is 5.32 Å². The molecular formula is C4H10N2O. The molecule has 0 aromatic heterocycles. The van der Waals surface area contributed by atoms with Crippen molar-refractivity contribution < 1.29 is 5.11 Å². The van der Waals surface area contributed by atoms with Crippen LogP contribution in [0.4, 0.5) is 0 Å². The van der Waals surface area contributed by atoms with Gasteiger partial charge in [0.25, 0.3) is 0 Å². The Kier molecular flexibility index (Phi) is 1.27. The predicted octanol–water partition coefficient (Wildman–Crippen LogP) is -1.37. The number of hydrogen-bond donors (Lipinski definition) is 3. The topological polar surface area (TPSA) is 58.3 Å². The molecule has 0 saturated carbocycles. The third-order valence-electron chi connectivity index (χ3n) is 1.14. The SMILES string of the molecule is NC1CC(O)CN1. The van der Waals surface area contributed by atoms with Gasteiger partial charge in [-0.2, -0.15) is 0 Å². The lowest BCUT2D eigenvalue weighted by Crippen LogP contribution is -2.30. The summed E-state index contributed by atoms with van der Waals surface area (Å²) in [5.41, 5.74) is 5.35. The Hall–Kier alpha value is -0.120. The highest BCUT2D eigenvalue weighted by Gasteiger charge is 2.17. The molecule has 0 spiro atoms. The lowest BCUT2D eigenvalue weighted by molar-refractivity contribution is 0.193. The van der Waals surface area contributed by atoms with Gasteiger partial charge >= 0.3 is 0 Å². The standard InChI is InChI=1S/C4H10N2O/c5-4-1-3(7)2-6-4/h3-4,6-7H,1-2,5H2. The number of hydrogen-bond acceptors (Lipinski definition) is 3. The van der Waals surface area contributed by atoms with Crippen LogP contribution in [0, 0.1) is 0 Å². The van der Waals surface area contributed by atoms with E-state index in [0.29, 0.717) is 13.0 Å². The number of nitrogens with one attached hydrogen (secondary N) is 1. The van der Waals surface area contributed by atoms with Crippen LogP contribution in [0.25, 0.3) is 0 Å². The van der Waals surface area contributed by atoms with Gasteiger partial charge in [0.05, 0.1) is 12.3 Å². The maximum atomic E-state index is 8.76. The Bertz CT molecular complexity index is 58.7. The quantitative estimate of drug-likeness (QED) is 0.353. The largest absolute Gasteiger partial charge is 0.392 e. The van der Waals surface area contributed by atoms with E-state index in [-0.39, 0.29) is 12.3 Å². The molecule has 1 fully saturated rings. The highest BCUT2D eigenvalue weighted by Crippen LogP contribution is 1.98. The molecule has 0 amide bonds. The van der Waals surface area contributed by atoms with E-state index in [0.717, 1.165) is 0 Å². The van der Waals surface area contributed by atoms with Crippen molar-refractivity contribution in [3.8, 4) is 0 Å². The van der Waals surface area contributed by atoms with Crippen LogP contribution in [0.3, 0.4) is 0 Å². The Balaban J connectivity index is 2.26. The monoisotopic (exact) mass is 102 g/mol. The predicted molar refractivity (Wildman–Crippen MR) is 26.6 cm³/mol. The van der Waals surface area contributed by atoms with Crippen LogP contribution in [0.5, 0.6) is 0 Å². The van der Waals surface area contributed by atoms with E-state index >= 15 is 0 Å². The number of nitrogens with two attached hydrogens (primary N) is 1. The van der Waals surface area contributed by atoms with E-state index < -0.39 is 0 Å². The van der Waals surface area contributed by atoms with Crippen LogP contribution in [-0.4, -0.2) is 23.9 Å². The zero-order valence-corrected chi connectivity index (χ0v) is 4.09. The second-order valence-electron chi connectivity index (χ2n) is 1.90. The molecular weight excluding hydrogens is 92.1 g/mol. The third kappa shape index (κ3) is 1.12. The van der Waals surface area contributed by atoms with E-state index in [1.807, 2.05) is 0 Å². The van der Waals surface area contributed by atoms with E-state index in [1.165, 1.54) is 0 Å². The lowest BCUT2D eigenvalue weighted by Gasteiger charge is -1.96. The molecule has 4 N–H and O–H groups in total. The third-order valence-corrected chi connectivity index (χ3v) is 1.14. The molecule has 2 unspecified atom stereocenters. The molecule has 7 heavy (non-hydrogen) atoms. The minimum Gasteiger partial charge on any atom is -0.392 e. The van der Waals surface area contributed by atoms with Crippen molar-refractivity contribution >= 4 is 0 Å². The fourth-order valence-electron chi connectivity index (χ4n) is 0.747. The van der Waals surface area contributed by atoms with Crippen molar-refractivity contribution in [3.63, 3.8) is 0 Å². The Morgan fingerprint density at radius 1 is 1.71 bits per heavy atom. The summed E-state index contributed by atoms with van der Waals surface area (Å²) in [5, 5.41) is 11.7. The smallest absolute Gasteiger partial charge is 0.0692 e. The van der Waals surface area contributed by atoms with Crippen LogP contribution in [0.1, 0.15) is 6.42 Å². The zero-order chi connectivity index (χ0) is 5.28. The van der Waals surface area contributed by atoms with Crippen LogP contribution in [0.15, 0.2) is 0 Å². The summed E-state index contributed by atoms with van der Waals surface area (Å²) in [6.45, 7) is 0.654. The molecule has 1 rings (SSSR count). The van der Waals surface area contributed by atoms with Gasteiger partial charge in [0.2, 0.25) is 0 Å². The fraction of sp³-hybridized carbons (Fsp3) is 1.00. The fourth-order valence-corrected chi connectivity index (χ4v) is 0.747. The normalized spacial score (nSPS) is 42.0. The van der Waals surface area contributed by atoms with Gasteiger partial charge in [-0.1, -0.05) is 0 Å². The van der Waals surface area contributed by atoms with Crippen molar-refractivity contribution in [2.45, 2.75) is 18.7 Å². The zero-order valence-electron chi connectivity index (χ0n) is 4.09. The average Bonchev–Trinajstić information content (AvgIpc) is 1.87. The molecule has 1 heterocycles. The number of aliphatic hydroxyl groups excluding tert-OH is 1. The van der Waals surface area contributed by atoms with Gasteiger partial charge in [-0.25, -0.2) is 0 Å². The summed E-state index contributed by atoms with van der Waals surface area (Å²) in [7, 11) is 0. The van der Waals surface area contributed by atoms with Gasteiger partial charge < -0.3 is 10.8 Å². The van der Waals surface area contributed by atoms with E-state index in [2.05, 4.69) is 5.32 Å². The lowest BCUT2D eigenvalue weighted by atomic mass is 10.3. The molecule has 42 valence electrons. The van der Waals surface area contributed by atoms with Crippen molar-refractivity contribution in [3.05, 3.63) is 0 Å². The summed E-state index contributed by atoms with van der Waals surface area (Å²) >= 11 is 0. The Morgan fingerprint density at radius 3 is 2.57 bits per heavy atom. The molecule has 1 saturated heterocycles. The first kappa shape index (κ1) is 5.03. The van der Waals surface area contributed by atoms with Gasteiger partial charge in [0.15, 0.2) is 0 Å². The van der Waals surface area contributed by atoms with E-state index in [1.54, 1.807) is 0 Å². The summed E-state index contributed by atoms with van der Waals surface area (Å²) < 4.78 is 0. The Morgan fingerprint density at radius 2 is 2.43 bits per heavy atom. The molecule has 2 atom stereocenters. The van der Waals surface area contributed by atoms with E-state index in [9.17, 15) is 0 Å². The van der Waals surface area contributed by atoms with Crippen LogP contribution in [0.2, 0.25) is 0 Å². The minimum absolute atomic E-state index is 0.0231. The van der Waals surface area contributed by atoms with E-state index in [4.69, 9.17) is 10.8 Å². The second-order valence-corrected chi connectivity index (χ2v) is 1.90. The van der Waals surface area contributed by atoms with Crippen molar-refractivity contribution in [1.29, 1.82) is 0 Å². The molecule has 1 aliphatic rings. The highest BCUT2D eigenvalue weighted by atomic mass is 16.3. The van der Waals surface area contributed by atoms with Crippen molar-refractivity contribution in [1.82, 2.24) is 5.32 Å². The summed E-state index contributed by atoms with van der Waals surface area (Å²) in [4.78, 5) is 0. The van der Waals surface area contributed by atoms with Gasteiger partial charge in [0, 0.05) is 13.0 Å². The highest BCUT2D eigenvalue weighted by molar-refractivity contribution is 4.75. The number of rotatable bonds is 0. The first-order valence-corrected chi connectivity index (χ1v) is 2.46. The second kappa shape index (κ2) is 1.78. The summed E-state index contributed by atoms with van der Waals surface area (Å²) in [6.07, 6.45) is 0.505. The van der Waals surface area contributed by atoms with Crippen LogP contribution in [-0.2, 0) is 0 Å². The maximum Gasteiger partial charge on any atom is 0.0692 e. The molecule has 0 aliphatic carbocycles. The van der Waals surface area contributed by atoms with Crippen LogP contribution >= 0.6 is 0 Å². The molecule has 0 bridgehead atoms. The summed E-state index contributed by atoms with van der Waals surface area (Å²) in [6, 6.07) is 0. The molecule has 0 radical (unpaired) electrons. The molecule has 0 aromatic rings. The molecule has 3 heteroatoms. The van der Waals surface area contributed by atoms with Gasteiger partial charge in [-0.05, 0) is 0 Å². The van der Waals surface area contributed by atoms with Gasteiger partial charge in [-0.15, -0.1) is 0 Å². The minimum atomic E-state index is -0.213.